The smallest absolute Gasteiger partial charge is 0.282 e. The molecule has 2 amide bonds. The Morgan fingerprint density at radius 1 is 0.971 bits per heavy atom. The maximum Gasteiger partial charge on any atom is 0.282 e. The monoisotopic (exact) mass is 492 g/mol. The van der Waals surface area contributed by atoms with Gasteiger partial charge in [-0.3, -0.25) is 15.0 Å². The van der Waals surface area contributed by atoms with Crippen LogP contribution in [0, 0.1) is 6.92 Å². The first-order valence-electron chi connectivity index (χ1n) is 11.1. The number of para-hydroxylation sites is 1. The molecule has 0 radical (unpaired) electrons. The molecule has 0 unspecified atom stereocenters. The van der Waals surface area contributed by atoms with Crippen molar-refractivity contribution in [2.24, 2.45) is 0 Å². The third-order valence-electron chi connectivity index (χ3n) is 5.26. The van der Waals surface area contributed by atoms with E-state index in [0.29, 0.717) is 47.4 Å². The Kier molecular flexibility index (Phi) is 7.57. The molecule has 0 atom stereocenters. The number of nitrogens with zero attached hydrogens (tertiary/aromatic N) is 1. The molecular weight excluding hydrogens is 468 g/mol. The van der Waals surface area contributed by atoms with Gasteiger partial charge >= 0.3 is 0 Å². The molecular formula is C27H25ClN2O5. The van der Waals surface area contributed by atoms with Crippen LogP contribution < -0.4 is 24.6 Å². The summed E-state index contributed by atoms with van der Waals surface area (Å²) in [6.45, 7) is 2.87. The van der Waals surface area contributed by atoms with Gasteiger partial charge in [-0.1, -0.05) is 41.9 Å². The number of aryl methyl sites for hydroxylation is 1. The maximum atomic E-state index is 12.8. The molecule has 1 fully saturated rings. The van der Waals surface area contributed by atoms with E-state index in [1.54, 1.807) is 36.4 Å². The molecule has 3 aromatic rings. The lowest BCUT2D eigenvalue weighted by molar-refractivity contribution is -0.117. The Balaban J connectivity index is 1.42. The molecule has 7 nitrogen and oxygen atoms in total. The van der Waals surface area contributed by atoms with E-state index < -0.39 is 11.8 Å². The first-order valence-corrected chi connectivity index (χ1v) is 11.5. The van der Waals surface area contributed by atoms with E-state index in [0.717, 1.165) is 11.3 Å². The summed E-state index contributed by atoms with van der Waals surface area (Å²) in [5, 5.41) is 1.52. The fraction of sp³-hybridized carbons (Fsp3) is 0.185. The number of hydrogen-bond donors (Lipinski definition) is 1. The lowest BCUT2D eigenvalue weighted by Gasteiger charge is -2.14. The second-order valence-corrected chi connectivity index (χ2v) is 8.28. The molecule has 0 saturated carbocycles. The van der Waals surface area contributed by atoms with Crippen LogP contribution in [0.15, 0.2) is 72.3 Å². The predicted molar refractivity (Wildman–Crippen MR) is 135 cm³/mol. The lowest BCUT2D eigenvalue weighted by Crippen LogP contribution is -2.35. The van der Waals surface area contributed by atoms with E-state index >= 15 is 0 Å². The van der Waals surface area contributed by atoms with E-state index in [1.807, 2.05) is 37.3 Å². The Labute approximate surface area is 208 Å². The summed E-state index contributed by atoms with van der Waals surface area (Å²) in [7, 11) is 1.50. The average Bonchev–Trinajstić information content (AvgIpc) is 3.13. The minimum Gasteiger partial charge on any atom is -0.493 e. The van der Waals surface area contributed by atoms with Crippen molar-refractivity contribution < 1.29 is 23.8 Å². The van der Waals surface area contributed by atoms with Gasteiger partial charge in [0.05, 0.1) is 31.0 Å². The van der Waals surface area contributed by atoms with Gasteiger partial charge in [0, 0.05) is 6.42 Å². The van der Waals surface area contributed by atoms with Crippen LogP contribution in [0.2, 0.25) is 5.02 Å². The largest absolute Gasteiger partial charge is 0.493 e. The number of hydrazine groups is 1. The SMILES string of the molecule is COc1cc(/C=C2/C(=O)NN(c3ccccc3)C2=O)cc(Cl)c1OCCCOc1cccc(C)c1. The topological polar surface area (TPSA) is 77.1 Å². The standard InChI is InChI=1S/C27H25ClN2O5/c1-18-8-6-11-21(14-18)34-12-7-13-35-25-23(28)16-19(17-24(25)33-2)15-22-26(31)29-30(27(22)32)20-9-4-3-5-10-20/h3-6,8-11,14-17H,7,12-13H2,1-2H3,(H,29,31)/b22-15-. The molecule has 4 rings (SSSR count). The molecule has 0 aromatic heterocycles. The van der Waals surface area contributed by atoms with Crippen LogP contribution in [-0.4, -0.2) is 32.1 Å². The van der Waals surface area contributed by atoms with Gasteiger partial charge < -0.3 is 14.2 Å². The second kappa shape index (κ2) is 11.0. The summed E-state index contributed by atoms with van der Waals surface area (Å²) in [6, 6.07) is 20.0. The summed E-state index contributed by atoms with van der Waals surface area (Å²) >= 11 is 6.46. The van der Waals surface area contributed by atoms with E-state index in [9.17, 15) is 9.59 Å². The molecule has 0 bridgehead atoms. The molecule has 0 spiro atoms. The van der Waals surface area contributed by atoms with Crippen LogP contribution in [0.25, 0.3) is 6.08 Å². The molecule has 1 aliphatic heterocycles. The maximum absolute atomic E-state index is 12.8. The highest BCUT2D eigenvalue weighted by atomic mass is 35.5. The number of carbonyl (C=O) groups is 2. The fourth-order valence-electron chi connectivity index (χ4n) is 3.57. The van der Waals surface area contributed by atoms with Gasteiger partial charge in [0.15, 0.2) is 11.5 Å². The van der Waals surface area contributed by atoms with Crippen molar-refractivity contribution in [1.29, 1.82) is 0 Å². The van der Waals surface area contributed by atoms with Crippen LogP contribution in [0.4, 0.5) is 5.69 Å². The number of nitrogens with one attached hydrogen (secondary N) is 1. The molecule has 35 heavy (non-hydrogen) atoms. The van der Waals surface area contributed by atoms with Crippen LogP contribution >= 0.6 is 11.6 Å². The summed E-state index contributed by atoms with van der Waals surface area (Å²) in [5.41, 5.74) is 4.81. The molecule has 3 aromatic carbocycles. The summed E-state index contributed by atoms with van der Waals surface area (Å²) in [5.74, 6) is 0.650. The van der Waals surface area contributed by atoms with Crippen LogP contribution in [0.3, 0.4) is 0 Å². The predicted octanol–water partition coefficient (Wildman–Crippen LogP) is 4.97. The molecule has 1 N–H and O–H groups in total. The summed E-state index contributed by atoms with van der Waals surface area (Å²) in [6.07, 6.45) is 2.12. The Morgan fingerprint density at radius 3 is 2.49 bits per heavy atom. The third kappa shape index (κ3) is 5.75. The Morgan fingerprint density at radius 2 is 1.74 bits per heavy atom. The lowest BCUT2D eigenvalue weighted by atomic mass is 10.1. The number of amides is 2. The van der Waals surface area contributed by atoms with Crippen LogP contribution in [0.5, 0.6) is 17.2 Å². The normalized spacial score (nSPS) is 14.3. The minimum absolute atomic E-state index is 0.00561. The number of anilines is 1. The van der Waals surface area contributed by atoms with Gasteiger partial charge in [0.2, 0.25) is 0 Å². The number of hydrogen-bond acceptors (Lipinski definition) is 5. The van der Waals surface area contributed by atoms with Gasteiger partial charge in [-0.05, 0) is 60.5 Å². The molecule has 0 aliphatic carbocycles. The second-order valence-electron chi connectivity index (χ2n) is 7.88. The highest BCUT2D eigenvalue weighted by Gasteiger charge is 2.34. The molecule has 1 aliphatic rings. The first kappa shape index (κ1) is 24.2. The average molecular weight is 493 g/mol. The van der Waals surface area contributed by atoms with E-state index in [2.05, 4.69) is 5.43 Å². The molecule has 180 valence electrons. The van der Waals surface area contributed by atoms with Gasteiger partial charge in [0.25, 0.3) is 11.8 Å². The summed E-state index contributed by atoms with van der Waals surface area (Å²) < 4.78 is 17.0. The third-order valence-corrected chi connectivity index (χ3v) is 5.54. The highest BCUT2D eigenvalue weighted by molar-refractivity contribution is 6.33. The zero-order chi connectivity index (χ0) is 24.8. The number of rotatable bonds is 9. The Hall–Kier alpha value is -3.97. The molecule has 1 saturated heterocycles. The van der Waals surface area contributed by atoms with Crippen molar-refractivity contribution in [3.8, 4) is 17.2 Å². The number of benzene rings is 3. The van der Waals surface area contributed by atoms with Gasteiger partial charge in [-0.25, -0.2) is 5.01 Å². The van der Waals surface area contributed by atoms with E-state index in [1.165, 1.54) is 18.2 Å². The van der Waals surface area contributed by atoms with Crippen LogP contribution in [-0.2, 0) is 9.59 Å². The van der Waals surface area contributed by atoms with Crippen molar-refractivity contribution >= 4 is 35.2 Å². The number of ether oxygens (including phenoxy) is 3. The van der Waals surface area contributed by atoms with Gasteiger partial charge in [-0.15, -0.1) is 0 Å². The Bertz CT molecular complexity index is 1260. The van der Waals surface area contributed by atoms with Crippen molar-refractivity contribution in [2.45, 2.75) is 13.3 Å². The molecule has 1 heterocycles. The van der Waals surface area contributed by atoms with Crippen LogP contribution in [0.1, 0.15) is 17.5 Å². The number of halogens is 1. The quantitative estimate of drug-likeness (QED) is 0.259. The van der Waals surface area contributed by atoms with Crippen molar-refractivity contribution in [3.63, 3.8) is 0 Å². The van der Waals surface area contributed by atoms with E-state index in [-0.39, 0.29) is 5.57 Å². The number of methoxy groups -OCH3 is 1. The van der Waals surface area contributed by atoms with Gasteiger partial charge in [-0.2, -0.15) is 0 Å². The van der Waals surface area contributed by atoms with Crippen molar-refractivity contribution in [3.05, 3.63) is 88.5 Å². The van der Waals surface area contributed by atoms with Gasteiger partial charge in [0.1, 0.15) is 11.3 Å². The zero-order valence-electron chi connectivity index (χ0n) is 19.4. The van der Waals surface area contributed by atoms with E-state index in [4.69, 9.17) is 25.8 Å². The summed E-state index contributed by atoms with van der Waals surface area (Å²) in [4.78, 5) is 25.3. The van der Waals surface area contributed by atoms with Crippen molar-refractivity contribution in [1.82, 2.24) is 5.43 Å². The fourth-order valence-corrected chi connectivity index (χ4v) is 3.85. The van der Waals surface area contributed by atoms with Crippen molar-refractivity contribution in [2.75, 3.05) is 25.3 Å². The molecule has 8 heteroatoms. The highest BCUT2D eigenvalue weighted by Crippen LogP contribution is 2.37. The number of carbonyl (C=O) groups excluding carboxylic acids is 2. The minimum atomic E-state index is -0.497. The zero-order valence-corrected chi connectivity index (χ0v) is 20.2. The first-order chi connectivity index (χ1) is 17.0.